The Balaban J connectivity index is 2.12. The molecule has 0 nitrogen and oxygen atoms in total. The molecule has 0 aromatic carbocycles. The zero-order valence-corrected chi connectivity index (χ0v) is 6.58. The summed E-state index contributed by atoms with van der Waals surface area (Å²) in [6.45, 7) is 0. The van der Waals surface area contributed by atoms with Crippen molar-refractivity contribution in [3.63, 3.8) is 0 Å². The van der Waals surface area contributed by atoms with Crippen LogP contribution >= 0.6 is 0 Å². The molecule has 0 unspecified atom stereocenters. The Labute approximate surface area is 53.9 Å². The second-order valence-corrected chi connectivity index (χ2v) is 3.85. The van der Waals surface area contributed by atoms with E-state index in [1.54, 1.807) is 0 Å². The van der Waals surface area contributed by atoms with Gasteiger partial charge in [-0.2, -0.15) is 0 Å². The van der Waals surface area contributed by atoms with Gasteiger partial charge in [0.25, 0.3) is 0 Å². The van der Waals surface area contributed by atoms with Crippen molar-refractivity contribution < 1.29 is 0 Å². The maximum absolute atomic E-state index is 2.40. The molecule has 3 radical (unpaired) electrons. The van der Waals surface area contributed by atoms with E-state index in [0.717, 1.165) is 4.75 Å². The van der Waals surface area contributed by atoms with Crippen molar-refractivity contribution in [2.75, 3.05) is 0 Å². The molecule has 1 aliphatic carbocycles. The predicted molar refractivity (Wildman–Crippen MR) is 32.3 cm³/mol. The average molecular weight is 155 g/mol. The number of rotatable bonds is 0. The Kier molecular flexibility index (Phi) is 2.10. The van der Waals surface area contributed by atoms with Crippen molar-refractivity contribution >= 4 is 16.5 Å². The molecule has 0 amide bonds. The zero-order valence-electron chi connectivity index (χ0n) is 4.48. The Morgan fingerprint density at radius 1 is 1.29 bits per heavy atom. The van der Waals surface area contributed by atoms with Gasteiger partial charge >= 0.3 is 53.4 Å². The summed E-state index contributed by atoms with van der Waals surface area (Å²) >= 11 is 2.34. The number of hydrogen-bond donors (Lipinski definition) is 0. The summed E-state index contributed by atoms with van der Waals surface area (Å²) in [6, 6.07) is 0. The van der Waals surface area contributed by atoms with Crippen LogP contribution in [0.25, 0.3) is 0 Å². The van der Waals surface area contributed by atoms with E-state index in [0.29, 0.717) is 0 Å². The van der Waals surface area contributed by atoms with Gasteiger partial charge in [-0.3, -0.25) is 0 Å². The topological polar surface area (TPSA) is 0 Å². The van der Waals surface area contributed by atoms with E-state index < -0.39 is 0 Å². The van der Waals surface area contributed by atoms with Crippen molar-refractivity contribution in [3.8, 4) is 0 Å². The molecule has 1 rings (SSSR count). The first kappa shape index (κ1) is 5.55. The summed E-state index contributed by atoms with van der Waals surface area (Å²) < 4.78 is 1.00. The zero-order chi connectivity index (χ0) is 5.11. The predicted octanol–water partition coefficient (Wildman–Crippen LogP) is 1.72. The van der Waals surface area contributed by atoms with E-state index in [2.05, 4.69) is 22.9 Å². The fraction of sp³-hybridized carbons (Fsp3) is 0.833. The summed E-state index contributed by atoms with van der Waals surface area (Å²) in [5, 5.41) is 0. The van der Waals surface area contributed by atoms with Crippen LogP contribution in [0.5, 0.6) is 0 Å². The van der Waals surface area contributed by atoms with Gasteiger partial charge in [-0.1, -0.05) is 0 Å². The van der Waals surface area contributed by atoms with Gasteiger partial charge in [0.2, 0.25) is 0 Å². The number of hydrogen-bond acceptors (Lipinski definition) is 0. The van der Waals surface area contributed by atoms with E-state index >= 15 is 0 Å². The normalized spacial score (nSPS) is 24.1. The SMILES string of the molecule is [Ge][CH]1CC[CH+]CC1. The molecule has 1 fully saturated rings. The molecule has 1 saturated carbocycles. The van der Waals surface area contributed by atoms with Crippen LogP contribution in [0.2, 0.25) is 4.75 Å². The van der Waals surface area contributed by atoms with E-state index in [1.165, 1.54) is 25.7 Å². The van der Waals surface area contributed by atoms with E-state index in [1.807, 2.05) is 0 Å². The molecule has 0 aromatic rings. The quantitative estimate of drug-likeness (QED) is 0.368. The first-order valence-corrected chi connectivity index (χ1v) is 4.13. The van der Waals surface area contributed by atoms with Gasteiger partial charge < -0.3 is 0 Å². The summed E-state index contributed by atoms with van der Waals surface area (Å²) in [4.78, 5) is 0. The monoisotopic (exact) mass is 156 g/mol. The van der Waals surface area contributed by atoms with Crippen LogP contribution in [-0.4, -0.2) is 16.5 Å². The van der Waals surface area contributed by atoms with Crippen molar-refractivity contribution in [1.82, 2.24) is 0 Å². The minimum absolute atomic E-state index is 1.00. The van der Waals surface area contributed by atoms with Gasteiger partial charge in [-0.25, -0.2) is 0 Å². The second-order valence-electron chi connectivity index (χ2n) is 2.14. The Morgan fingerprint density at radius 2 is 1.86 bits per heavy atom. The molecule has 37 valence electrons. The van der Waals surface area contributed by atoms with Crippen LogP contribution < -0.4 is 0 Å². The molecule has 0 spiro atoms. The van der Waals surface area contributed by atoms with Crippen LogP contribution in [-0.2, 0) is 0 Å². The van der Waals surface area contributed by atoms with Crippen molar-refractivity contribution in [3.05, 3.63) is 6.42 Å². The first-order chi connectivity index (χ1) is 3.39. The van der Waals surface area contributed by atoms with Gasteiger partial charge in [0.15, 0.2) is 0 Å². The van der Waals surface area contributed by atoms with Crippen LogP contribution in [0.1, 0.15) is 25.7 Å². The molecule has 0 atom stereocenters. The van der Waals surface area contributed by atoms with Crippen molar-refractivity contribution in [2.45, 2.75) is 30.4 Å². The van der Waals surface area contributed by atoms with E-state index in [9.17, 15) is 0 Å². The molecule has 0 bridgehead atoms. The molecule has 0 heterocycles. The third-order valence-corrected chi connectivity index (χ3v) is 2.65. The van der Waals surface area contributed by atoms with Gasteiger partial charge in [0.05, 0.1) is 0 Å². The maximum atomic E-state index is 2.40. The average Bonchev–Trinajstić information content (AvgIpc) is 1.69. The molecule has 0 aromatic heterocycles. The first-order valence-electron chi connectivity index (χ1n) is 2.92. The Morgan fingerprint density at radius 3 is 2.14 bits per heavy atom. The van der Waals surface area contributed by atoms with Gasteiger partial charge in [0, 0.05) is 0 Å². The van der Waals surface area contributed by atoms with Crippen molar-refractivity contribution in [1.29, 1.82) is 0 Å². The summed E-state index contributed by atoms with van der Waals surface area (Å²) in [7, 11) is 0. The molecule has 0 saturated heterocycles. The molecule has 0 N–H and O–H groups in total. The Hall–Kier alpha value is 0.413. The fourth-order valence-electron chi connectivity index (χ4n) is 0.927. The van der Waals surface area contributed by atoms with Gasteiger partial charge in [-0.15, -0.1) is 0 Å². The van der Waals surface area contributed by atoms with Gasteiger partial charge in [0.1, 0.15) is 0 Å². The van der Waals surface area contributed by atoms with Gasteiger partial charge in [-0.05, 0) is 0 Å². The molecule has 1 heteroatoms. The van der Waals surface area contributed by atoms with Crippen LogP contribution in [0, 0.1) is 6.42 Å². The Bertz CT molecular complexity index is 46.1. The molecule has 7 heavy (non-hydrogen) atoms. The van der Waals surface area contributed by atoms with E-state index in [4.69, 9.17) is 0 Å². The molecular weight excluding hydrogens is 145 g/mol. The molecular formula is C6H10Ge+. The fourth-order valence-corrected chi connectivity index (χ4v) is 1.63. The standard InChI is InChI=1S/C6H10Ge/c7-6-4-2-1-3-5-6/h1,6H,2-5H2/q+1. The van der Waals surface area contributed by atoms with Crippen LogP contribution in [0.4, 0.5) is 0 Å². The third-order valence-electron chi connectivity index (χ3n) is 1.44. The summed E-state index contributed by atoms with van der Waals surface area (Å²) in [5.41, 5.74) is 0. The molecule has 0 aliphatic heterocycles. The summed E-state index contributed by atoms with van der Waals surface area (Å²) in [6.07, 6.45) is 7.99. The van der Waals surface area contributed by atoms with Crippen molar-refractivity contribution in [2.24, 2.45) is 0 Å². The van der Waals surface area contributed by atoms with Crippen LogP contribution in [0.15, 0.2) is 0 Å². The third kappa shape index (κ3) is 1.76. The van der Waals surface area contributed by atoms with Crippen LogP contribution in [0.3, 0.4) is 0 Å². The minimum atomic E-state index is 1.00. The second kappa shape index (κ2) is 2.65. The molecule has 1 aliphatic rings. The summed E-state index contributed by atoms with van der Waals surface area (Å²) in [5.74, 6) is 0. The van der Waals surface area contributed by atoms with E-state index in [-0.39, 0.29) is 0 Å².